The molecule has 0 spiro atoms. The Balaban J connectivity index is 1.53. The Hall–Kier alpha value is -1.99. The molecule has 1 aromatic heterocycles. The maximum Gasteiger partial charge on any atom is 0.251 e. The second-order valence-corrected chi connectivity index (χ2v) is 4.82. The van der Waals surface area contributed by atoms with Crippen molar-refractivity contribution in [1.29, 1.82) is 0 Å². The van der Waals surface area contributed by atoms with Gasteiger partial charge in [-0.3, -0.25) is 4.79 Å². The molecule has 1 fully saturated rings. The number of benzene rings is 1. The maximum atomic E-state index is 13.1. The fourth-order valence-corrected chi connectivity index (χ4v) is 2.21. The lowest BCUT2D eigenvalue weighted by molar-refractivity contribution is -0.147. The molecule has 112 valence electrons. The third-order valence-electron chi connectivity index (χ3n) is 3.26. The Morgan fingerprint density at radius 1 is 1.48 bits per heavy atom. The molecule has 1 atom stereocenters. The van der Waals surface area contributed by atoms with Gasteiger partial charge in [0.15, 0.2) is 6.10 Å². The fourth-order valence-electron chi connectivity index (χ4n) is 2.21. The molecule has 7 heteroatoms. The number of halogens is 1. The molecule has 2 N–H and O–H groups in total. The number of H-pyrrole nitrogens is 1. The number of imidazole rings is 1. The van der Waals surface area contributed by atoms with Crippen LogP contribution in [0.1, 0.15) is 5.82 Å². The van der Waals surface area contributed by atoms with Gasteiger partial charge in [0.25, 0.3) is 5.91 Å². The van der Waals surface area contributed by atoms with E-state index >= 15 is 0 Å². The lowest BCUT2D eigenvalue weighted by Gasteiger charge is -2.21. The molecule has 1 amide bonds. The van der Waals surface area contributed by atoms with Crippen LogP contribution in [0, 0.1) is 5.82 Å². The van der Waals surface area contributed by atoms with E-state index in [0.29, 0.717) is 43.0 Å². The number of hydrogen-bond donors (Lipinski definition) is 2. The van der Waals surface area contributed by atoms with Crippen LogP contribution in [0.4, 0.5) is 4.39 Å². The van der Waals surface area contributed by atoms with E-state index in [1.165, 1.54) is 12.1 Å². The van der Waals surface area contributed by atoms with E-state index < -0.39 is 6.10 Å². The van der Waals surface area contributed by atoms with Gasteiger partial charge in [-0.05, 0) is 18.2 Å². The van der Waals surface area contributed by atoms with E-state index in [1.807, 2.05) is 0 Å². The number of carbonyl (C=O) groups excluding carboxylic acids is 1. The zero-order chi connectivity index (χ0) is 14.7. The number of hydrogen-bond acceptors (Lipinski definition) is 4. The first-order valence-electron chi connectivity index (χ1n) is 6.83. The molecule has 1 aliphatic rings. The summed E-state index contributed by atoms with van der Waals surface area (Å²) >= 11 is 0. The van der Waals surface area contributed by atoms with Crippen molar-refractivity contribution in [2.24, 2.45) is 0 Å². The van der Waals surface area contributed by atoms with Gasteiger partial charge < -0.3 is 19.8 Å². The van der Waals surface area contributed by atoms with Gasteiger partial charge >= 0.3 is 0 Å². The normalized spacial score (nSPS) is 18.8. The van der Waals surface area contributed by atoms with Crippen molar-refractivity contribution in [3.8, 4) is 0 Å². The molecule has 6 nitrogen and oxygen atoms in total. The van der Waals surface area contributed by atoms with Gasteiger partial charge in [0.2, 0.25) is 0 Å². The van der Waals surface area contributed by atoms with E-state index in [9.17, 15) is 9.18 Å². The highest BCUT2D eigenvalue weighted by Crippen LogP contribution is 2.13. The second kappa shape index (κ2) is 6.19. The van der Waals surface area contributed by atoms with E-state index in [4.69, 9.17) is 9.47 Å². The molecule has 3 rings (SSSR count). The number of rotatable bonds is 4. The van der Waals surface area contributed by atoms with Crippen LogP contribution in [0.5, 0.6) is 0 Å². The first kappa shape index (κ1) is 14.0. The highest BCUT2D eigenvalue weighted by molar-refractivity contribution is 5.81. The van der Waals surface area contributed by atoms with Gasteiger partial charge in [0.1, 0.15) is 11.6 Å². The van der Waals surface area contributed by atoms with Crippen molar-refractivity contribution in [2.75, 3.05) is 26.4 Å². The molecule has 0 saturated carbocycles. The summed E-state index contributed by atoms with van der Waals surface area (Å²) in [6.45, 7) is 1.68. The number of nitrogens with zero attached hydrogens (tertiary/aromatic N) is 1. The Bertz CT molecular complexity index is 637. The lowest BCUT2D eigenvalue weighted by atomic mass is 10.3. The molecule has 2 aromatic rings. The van der Waals surface area contributed by atoms with Gasteiger partial charge in [-0.2, -0.15) is 0 Å². The van der Waals surface area contributed by atoms with Crippen LogP contribution in [0.3, 0.4) is 0 Å². The van der Waals surface area contributed by atoms with E-state index in [2.05, 4.69) is 15.3 Å². The monoisotopic (exact) mass is 293 g/mol. The summed E-state index contributed by atoms with van der Waals surface area (Å²) in [7, 11) is 0. The van der Waals surface area contributed by atoms with E-state index in [1.54, 1.807) is 6.07 Å². The SMILES string of the molecule is O=C(NCCc1nc2ccc(F)cc2[nH]1)[C@H]1COCCO1. The molecule has 1 aromatic carbocycles. The van der Waals surface area contributed by atoms with Gasteiger partial charge in [0.05, 0.1) is 30.9 Å². The third-order valence-corrected chi connectivity index (χ3v) is 3.26. The highest BCUT2D eigenvalue weighted by Gasteiger charge is 2.22. The fraction of sp³-hybridized carbons (Fsp3) is 0.429. The topological polar surface area (TPSA) is 76.2 Å². The number of nitrogens with one attached hydrogen (secondary N) is 2. The van der Waals surface area contributed by atoms with Crippen molar-refractivity contribution < 1.29 is 18.7 Å². The maximum absolute atomic E-state index is 13.1. The number of ether oxygens (including phenoxy) is 2. The van der Waals surface area contributed by atoms with Crippen molar-refractivity contribution in [3.63, 3.8) is 0 Å². The highest BCUT2D eigenvalue weighted by atomic mass is 19.1. The van der Waals surface area contributed by atoms with Crippen LogP contribution in [0.2, 0.25) is 0 Å². The summed E-state index contributed by atoms with van der Waals surface area (Å²) in [5, 5.41) is 2.78. The lowest BCUT2D eigenvalue weighted by Crippen LogP contribution is -2.43. The predicted molar refractivity (Wildman–Crippen MR) is 73.3 cm³/mol. The molecular formula is C14H16FN3O3. The summed E-state index contributed by atoms with van der Waals surface area (Å²) in [6.07, 6.45) is -0.00109. The summed E-state index contributed by atoms with van der Waals surface area (Å²) < 4.78 is 23.6. The zero-order valence-corrected chi connectivity index (χ0v) is 11.4. The number of carbonyl (C=O) groups is 1. The first-order valence-corrected chi connectivity index (χ1v) is 6.83. The molecule has 0 bridgehead atoms. The van der Waals surface area contributed by atoms with Crippen LogP contribution in [-0.2, 0) is 20.7 Å². The van der Waals surface area contributed by atoms with Crippen LogP contribution < -0.4 is 5.32 Å². The minimum Gasteiger partial charge on any atom is -0.376 e. The quantitative estimate of drug-likeness (QED) is 0.873. The number of aromatic nitrogens is 2. The Kier molecular flexibility index (Phi) is 4.12. The largest absolute Gasteiger partial charge is 0.376 e. The smallest absolute Gasteiger partial charge is 0.251 e. The van der Waals surface area contributed by atoms with Crippen molar-refractivity contribution in [3.05, 3.63) is 29.8 Å². The average molecular weight is 293 g/mol. The van der Waals surface area contributed by atoms with Crippen LogP contribution in [-0.4, -0.2) is 48.3 Å². The Labute approximate surface area is 120 Å². The number of aromatic amines is 1. The molecule has 1 aliphatic heterocycles. The standard InChI is InChI=1S/C14H16FN3O3/c15-9-1-2-10-11(7-9)18-13(17-10)3-4-16-14(19)12-8-20-5-6-21-12/h1-2,7,12H,3-6,8H2,(H,16,19)(H,17,18)/t12-/m1/s1. The molecule has 0 aliphatic carbocycles. The van der Waals surface area contributed by atoms with Crippen molar-refractivity contribution in [2.45, 2.75) is 12.5 Å². The van der Waals surface area contributed by atoms with Gasteiger partial charge in [0, 0.05) is 13.0 Å². The minimum absolute atomic E-state index is 0.183. The minimum atomic E-state index is -0.538. The zero-order valence-electron chi connectivity index (χ0n) is 11.4. The van der Waals surface area contributed by atoms with Crippen molar-refractivity contribution >= 4 is 16.9 Å². The molecule has 2 heterocycles. The van der Waals surface area contributed by atoms with Crippen LogP contribution >= 0.6 is 0 Å². The molecule has 21 heavy (non-hydrogen) atoms. The average Bonchev–Trinajstić information content (AvgIpc) is 2.89. The summed E-state index contributed by atoms with van der Waals surface area (Å²) in [5.41, 5.74) is 1.36. The van der Waals surface area contributed by atoms with Gasteiger partial charge in [-0.15, -0.1) is 0 Å². The first-order chi connectivity index (χ1) is 10.2. The summed E-state index contributed by atoms with van der Waals surface area (Å²) in [6, 6.07) is 4.39. The van der Waals surface area contributed by atoms with E-state index in [-0.39, 0.29) is 18.3 Å². The molecule has 0 unspecified atom stereocenters. The number of fused-ring (bicyclic) bond motifs is 1. The van der Waals surface area contributed by atoms with Crippen LogP contribution in [0.25, 0.3) is 11.0 Å². The molecular weight excluding hydrogens is 277 g/mol. The number of amides is 1. The Morgan fingerprint density at radius 2 is 2.38 bits per heavy atom. The van der Waals surface area contributed by atoms with Gasteiger partial charge in [-0.25, -0.2) is 9.37 Å². The second-order valence-electron chi connectivity index (χ2n) is 4.82. The summed E-state index contributed by atoms with van der Waals surface area (Å²) in [5.74, 6) is 0.217. The predicted octanol–water partition coefficient (Wildman–Crippen LogP) is 0.776. The molecule has 0 radical (unpaired) electrons. The van der Waals surface area contributed by atoms with Crippen molar-refractivity contribution in [1.82, 2.24) is 15.3 Å². The Morgan fingerprint density at radius 3 is 3.19 bits per heavy atom. The summed E-state index contributed by atoms with van der Waals surface area (Å²) in [4.78, 5) is 19.2. The third kappa shape index (κ3) is 3.37. The van der Waals surface area contributed by atoms with Gasteiger partial charge in [-0.1, -0.05) is 0 Å². The van der Waals surface area contributed by atoms with Crippen LogP contribution in [0.15, 0.2) is 18.2 Å². The molecule has 1 saturated heterocycles. The van der Waals surface area contributed by atoms with E-state index in [0.717, 1.165) is 0 Å².